The third kappa shape index (κ3) is 3.14. The lowest BCUT2D eigenvalue weighted by Crippen LogP contribution is -2.07. The molecule has 0 fully saturated rings. The molecule has 0 saturated heterocycles. The Morgan fingerprint density at radius 1 is 1.47 bits per heavy atom. The predicted octanol–water partition coefficient (Wildman–Crippen LogP) is 2.30. The molecule has 0 bridgehead atoms. The van der Waals surface area contributed by atoms with Gasteiger partial charge in [0.2, 0.25) is 0 Å². The summed E-state index contributed by atoms with van der Waals surface area (Å²) in [5, 5.41) is 8.89. The number of nitrogen functional groups attached to an aromatic ring is 1. The Labute approximate surface area is 98.0 Å². The van der Waals surface area contributed by atoms with E-state index >= 15 is 0 Å². The van der Waals surface area contributed by atoms with Crippen LogP contribution in [0.3, 0.4) is 0 Å². The number of benzene rings is 1. The molecule has 0 aliphatic heterocycles. The first-order valence-corrected chi connectivity index (χ1v) is 4.78. The minimum absolute atomic E-state index is 0.146. The van der Waals surface area contributed by atoms with Crippen LogP contribution in [0.5, 0.6) is 0 Å². The van der Waals surface area contributed by atoms with Gasteiger partial charge in [-0.05, 0) is 12.1 Å². The van der Waals surface area contributed by atoms with Gasteiger partial charge in [0, 0.05) is 25.3 Å². The fraction of sp³-hybridized carbons (Fsp3) is 0.273. The second-order valence-electron chi connectivity index (χ2n) is 3.62. The summed E-state index contributed by atoms with van der Waals surface area (Å²) in [6.45, 7) is 0. The number of anilines is 1. The van der Waals surface area contributed by atoms with E-state index in [0.717, 1.165) is 6.07 Å². The van der Waals surface area contributed by atoms with Crippen molar-refractivity contribution >= 4 is 17.7 Å². The fourth-order valence-corrected chi connectivity index (χ4v) is 1.24. The van der Waals surface area contributed by atoms with Gasteiger partial charge < -0.3 is 10.6 Å². The Bertz CT molecular complexity index is 475. The van der Waals surface area contributed by atoms with Crippen LogP contribution < -0.4 is 5.73 Å². The Morgan fingerprint density at radius 2 is 2.12 bits per heavy atom. The van der Waals surface area contributed by atoms with Gasteiger partial charge in [-0.2, -0.15) is 5.26 Å². The normalized spacial score (nSPS) is 10.8. The van der Waals surface area contributed by atoms with E-state index < -0.39 is 12.0 Å². The summed E-state index contributed by atoms with van der Waals surface area (Å²) in [6.07, 6.45) is -1.33. The monoisotopic (exact) mass is 238 g/mol. The van der Waals surface area contributed by atoms with Crippen molar-refractivity contribution in [3.05, 3.63) is 23.3 Å². The van der Waals surface area contributed by atoms with Gasteiger partial charge in [-0.25, -0.2) is 13.8 Å². The first kappa shape index (κ1) is 12.9. The largest absolute Gasteiger partial charge is 0.399 e. The average molecular weight is 238 g/mol. The van der Waals surface area contributed by atoms with Gasteiger partial charge in [0.25, 0.3) is 6.43 Å². The molecule has 0 heterocycles. The number of halogens is 2. The maximum atomic E-state index is 12.7. The van der Waals surface area contributed by atoms with Crippen molar-refractivity contribution in [2.24, 2.45) is 4.99 Å². The minimum Gasteiger partial charge on any atom is -0.399 e. The second kappa shape index (κ2) is 5.25. The molecule has 1 aromatic carbocycles. The molecule has 6 heteroatoms. The zero-order valence-electron chi connectivity index (χ0n) is 9.48. The molecule has 0 unspecified atom stereocenters. The smallest absolute Gasteiger partial charge is 0.265 e. The molecular formula is C11H12F2N4. The van der Waals surface area contributed by atoms with Crippen LogP contribution in [-0.2, 0) is 0 Å². The van der Waals surface area contributed by atoms with Crippen LogP contribution in [0.2, 0.25) is 0 Å². The number of nitriles is 1. The topological polar surface area (TPSA) is 65.4 Å². The molecule has 0 saturated carbocycles. The molecule has 1 aromatic rings. The average Bonchev–Trinajstić information content (AvgIpc) is 2.25. The SMILES string of the molecule is CN(C)/C=N/c1cc(N)cc(C(F)F)c1C#N. The van der Waals surface area contributed by atoms with Crippen molar-refractivity contribution < 1.29 is 8.78 Å². The third-order valence-corrected chi connectivity index (χ3v) is 1.95. The summed E-state index contributed by atoms with van der Waals surface area (Å²) < 4.78 is 25.4. The van der Waals surface area contributed by atoms with Gasteiger partial charge >= 0.3 is 0 Å². The summed E-state index contributed by atoms with van der Waals surface area (Å²) in [5.41, 5.74) is 5.27. The highest BCUT2D eigenvalue weighted by molar-refractivity contribution is 5.70. The number of nitrogens with two attached hydrogens (primary N) is 1. The highest BCUT2D eigenvalue weighted by atomic mass is 19.3. The van der Waals surface area contributed by atoms with Crippen LogP contribution >= 0.6 is 0 Å². The van der Waals surface area contributed by atoms with Crippen LogP contribution in [0.4, 0.5) is 20.2 Å². The van der Waals surface area contributed by atoms with E-state index in [1.165, 1.54) is 12.4 Å². The molecule has 0 aliphatic rings. The molecule has 0 aromatic heterocycles. The van der Waals surface area contributed by atoms with Gasteiger partial charge in [0.1, 0.15) is 6.07 Å². The molecule has 0 spiro atoms. The zero-order chi connectivity index (χ0) is 13.0. The molecule has 4 nitrogen and oxygen atoms in total. The fourth-order valence-electron chi connectivity index (χ4n) is 1.24. The number of nitrogens with zero attached hydrogens (tertiary/aromatic N) is 3. The lowest BCUT2D eigenvalue weighted by Gasteiger charge is -2.08. The summed E-state index contributed by atoms with van der Waals surface area (Å²) in [7, 11) is 3.46. The molecule has 17 heavy (non-hydrogen) atoms. The molecule has 0 atom stereocenters. The van der Waals surface area contributed by atoms with Crippen molar-refractivity contribution in [2.75, 3.05) is 19.8 Å². The van der Waals surface area contributed by atoms with E-state index in [1.54, 1.807) is 25.1 Å². The highest BCUT2D eigenvalue weighted by Crippen LogP contribution is 2.32. The zero-order valence-corrected chi connectivity index (χ0v) is 9.48. The number of aliphatic imine (C=N–C) groups is 1. The summed E-state index contributed by atoms with van der Waals surface area (Å²) in [6, 6.07) is 4.22. The van der Waals surface area contributed by atoms with Crippen LogP contribution in [0.25, 0.3) is 0 Å². The van der Waals surface area contributed by atoms with Crippen molar-refractivity contribution in [3.63, 3.8) is 0 Å². The van der Waals surface area contributed by atoms with Crippen LogP contribution in [0.1, 0.15) is 17.6 Å². The Hall–Kier alpha value is -2.16. The van der Waals surface area contributed by atoms with Gasteiger partial charge in [0.05, 0.1) is 17.6 Å². The van der Waals surface area contributed by atoms with E-state index in [2.05, 4.69) is 4.99 Å². The van der Waals surface area contributed by atoms with Crippen molar-refractivity contribution in [3.8, 4) is 6.07 Å². The lowest BCUT2D eigenvalue weighted by atomic mass is 10.1. The predicted molar refractivity (Wildman–Crippen MR) is 62.4 cm³/mol. The Morgan fingerprint density at radius 3 is 2.59 bits per heavy atom. The van der Waals surface area contributed by atoms with Gasteiger partial charge in [-0.3, -0.25) is 0 Å². The summed E-state index contributed by atoms with van der Waals surface area (Å²) in [5.74, 6) is 0. The molecule has 90 valence electrons. The molecular weight excluding hydrogens is 226 g/mol. The second-order valence-corrected chi connectivity index (χ2v) is 3.62. The summed E-state index contributed by atoms with van der Waals surface area (Å²) >= 11 is 0. The number of hydrogen-bond acceptors (Lipinski definition) is 3. The van der Waals surface area contributed by atoms with Crippen molar-refractivity contribution in [1.82, 2.24) is 4.90 Å². The lowest BCUT2D eigenvalue weighted by molar-refractivity contribution is 0.151. The molecule has 0 amide bonds. The van der Waals surface area contributed by atoms with Crippen molar-refractivity contribution in [1.29, 1.82) is 5.26 Å². The standard InChI is InChI=1S/C11H12F2N4/c1-17(2)6-16-10-4-7(15)3-8(11(12)13)9(10)5-14/h3-4,6,11H,15H2,1-2H3/b16-6+. The van der Waals surface area contributed by atoms with Crippen molar-refractivity contribution in [2.45, 2.75) is 6.43 Å². The summed E-state index contributed by atoms with van der Waals surface area (Å²) in [4.78, 5) is 5.58. The molecule has 2 N–H and O–H groups in total. The molecule has 0 radical (unpaired) electrons. The van der Waals surface area contributed by atoms with Crippen LogP contribution in [0.15, 0.2) is 17.1 Å². The van der Waals surface area contributed by atoms with Gasteiger partial charge in [-0.15, -0.1) is 0 Å². The highest BCUT2D eigenvalue weighted by Gasteiger charge is 2.17. The maximum absolute atomic E-state index is 12.7. The first-order chi connectivity index (χ1) is 7.95. The minimum atomic E-state index is -2.75. The van der Waals surface area contributed by atoms with E-state index in [-0.39, 0.29) is 16.9 Å². The molecule has 0 aliphatic carbocycles. The maximum Gasteiger partial charge on any atom is 0.265 e. The number of rotatable bonds is 3. The molecule has 1 rings (SSSR count). The van der Waals surface area contributed by atoms with E-state index in [4.69, 9.17) is 11.0 Å². The Kier molecular flexibility index (Phi) is 3.99. The first-order valence-electron chi connectivity index (χ1n) is 4.78. The van der Waals surface area contributed by atoms with E-state index in [1.807, 2.05) is 0 Å². The van der Waals surface area contributed by atoms with E-state index in [9.17, 15) is 8.78 Å². The number of hydrogen-bond donors (Lipinski definition) is 1. The van der Waals surface area contributed by atoms with Gasteiger partial charge in [0.15, 0.2) is 0 Å². The van der Waals surface area contributed by atoms with Crippen LogP contribution in [0, 0.1) is 11.3 Å². The van der Waals surface area contributed by atoms with Crippen LogP contribution in [-0.4, -0.2) is 25.3 Å². The Balaban J connectivity index is 3.34. The van der Waals surface area contributed by atoms with E-state index in [0.29, 0.717) is 0 Å². The quantitative estimate of drug-likeness (QED) is 0.499. The third-order valence-electron chi connectivity index (χ3n) is 1.95. The number of alkyl halides is 2. The van der Waals surface area contributed by atoms with Gasteiger partial charge in [-0.1, -0.05) is 0 Å².